The zero-order valence-corrected chi connectivity index (χ0v) is 15.4. The molecule has 0 bridgehead atoms. The largest absolute Gasteiger partial charge is 0.493 e. The standard InChI is InChI=1S/C19H21ClO5/c1-11-5-6-12(2)17(13(11)3)24-7-8-25-18-15(20)9-14(19(21)22)10-16(18)23-4/h5-6,9-10H,7-8H2,1-4H3,(H,21,22). The molecule has 25 heavy (non-hydrogen) atoms. The van der Waals surface area contributed by atoms with Crippen molar-refractivity contribution >= 4 is 17.6 Å². The topological polar surface area (TPSA) is 65.0 Å². The minimum Gasteiger partial charge on any atom is -0.493 e. The summed E-state index contributed by atoms with van der Waals surface area (Å²) in [6.07, 6.45) is 0. The van der Waals surface area contributed by atoms with Crippen LogP contribution >= 0.6 is 11.6 Å². The van der Waals surface area contributed by atoms with E-state index in [9.17, 15) is 4.79 Å². The molecule has 0 spiro atoms. The molecule has 0 amide bonds. The SMILES string of the molecule is COc1cc(C(=O)O)cc(Cl)c1OCCOc1c(C)ccc(C)c1C. The first-order valence-corrected chi connectivity index (χ1v) is 8.16. The van der Waals surface area contributed by atoms with E-state index in [1.54, 1.807) is 0 Å². The average Bonchev–Trinajstić information content (AvgIpc) is 2.58. The van der Waals surface area contributed by atoms with Gasteiger partial charge in [-0.1, -0.05) is 23.7 Å². The summed E-state index contributed by atoms with van der Waals surface area (Å²) in [6, 6.07) is 6.78. The van der Waals surface area contributed by atoms with Crippen molar-refractivity contribution in [1.29, 1.82) is 0 Å². The summed E-state index contributed by atoms with van der Waals surface area (Å²) in [7, 11) is 1.43. The molecule has 0 unspecified atom stereocenters. The molecule has 0 aliphatic carbocycles. The number of carboxylic acids is 1. The van der Waals surface area contributed by atoms with Crippen LogP contribution in [0.15, 0.2) is 24.3 Å². The Hall–Kier alpha value is -2.40. The zero-order valence-electron chi connectivity index (χ0n) is 14.7. The third-order valence-electron chi connectivity index (χ3n) is 3.93. The Morgan fingerprint density at radius 3 is 2.24 bits per heavy atom. The van der Waals surface area contributed by atoms with Crippen LogP contribution in [0, 0.1) is 20.8 Å². The smallest absolute Gasteiger partial charge is 0.335 e. The van der Waals surface area contributed by atoms with E-state index >= 15 is 0 Å². The molecule has 134 valence electrons. The van der Waals surface area contributed by atoms with Crippen LogP contribution in [0.4, 0.5) is 0 Å². The lowest BCUT2D eigenvalue weighted by Crippen LogP contribution is -2.11. The monoisotopic (exact) mass is 364 g/mol. The number of hydrogen-bond donors (Lipinski definition) is 1. The number of benzene rings is 2. The van der Waals surface area contributed by atoms with E-state index in [-0.39, 0.29) is 22.9 Å². The van der Waals surface area contributed by atoms with E-state index in [2.05, 4.69) is 6.07 Å². The Bertz CT molecular complexity index is 786. The molecule has 0 aliphatic rings. The Labute approximate surface area is 152 Å². The zero-order chi connectivity index (χ0) is 18.6. The van der Waals surface area contributed by atoms with Gasteiger partial charge in [-0.25, -0.2) is 4.79 Å². The van der Waals surface area contributed by atoms with Crippen molar-refractivity contribution in [2.24, 2.45) is 0 Å². The van der Waals surface area contributed by atoms with Crippen LogP contribution in [0.2, 0.25) is 5.02 Å². The summed E-state index contributed by atoms with van der Waals surface area (Å²) in [4.78, 5) is 11.1. The maximum absolute atomic E-state index is 11.1. The lowest BCUT2D eigenvalue weighted by atomic mass is 10.1. The second kappa shape index (κ2) is 8.12. The molecule has 0 fully saturated rings. The average molecular weight is 365 g/mol. The Kier molecular flexibility index (Phi) is 6.15. The predicted octanol–water partition coefficient (Wildman–Crippen LogP) is 4.43. The minimum atomic E-state index is -1.08. The van der Waals surface area contributed by atoms with Crippen molar-refractivity contribution in [3.63, 3.8) is 0 Å². The Balaban J connectivity index is 2.05. The van der Waals surface area contributed by atoms with Gasteiger partial charge in [0.1, 0.15) is 19.0 Å². The van der Waals surface area contributed by atoms with E-state index in [1.807, 2.05) is 26.8 Å². The molecule has 0 radical (unpaired) electrons. The highest BCUT2D eigenvalue weighted by atomic mass is 35.5. The molecular formula is C19H21ClO5. The summed E-state index contributed by atoms with van der Waals surface area (Å²) in [6.45, 7) is 6.61. The molecular weight excluding hydrogens is 344 g/mol. The fraction of sp³-hybridized carbons (Fsp3) is 0.316. The molecule has 1 N–H and O–H groups in total. The number of carboxylic acid groups (broad SMARTS) is 1. The van der Waals surface area contributed by atoms with Gasteiger partial charge in [-0.3, -0.25) is 0 Å². The van der Waals surface area contributed by atoms with Crippen molar-refractivity contribution in [3.05, 3.63) is 51.5 Å². The van der Waals surface area contributed by atoms with E-state index < -0.39 is 5.97 Å². The van der Waals surface area contributed by atoms with Crippen molar-refractivity contribution in [2.45, 2.75) is 20.8 Å². The van der Waals surface area contributed by atoms with Gasteiger partial charge in [-0.2, -0.15) is 0 Å². The van der Waals surface area contributed by atoms with Gasteiger partial charge in [0.2, 0.25) is 0 Å². The summed E-state index contributed by atoms with van der Waals surface area (Å²) in [5.74, 6) is 0.339. The number of rotatable bonds is 7. The second-order valence-corrected chi connectivity index (χ2v) is 6.05. The first kappa shape index (κ1) is 18.9. The fourth-order valence-corrected chi connectivity index (χ4v) is 2.68. The van der Waals surface area contributed by atoms with Gasteiger partial charge < -0.3 is 19.3 Å². The number of hydrogen-bond acceptors (Lipinski definition) is 4. The number of halogens is 1. The predicted molar refractivity (Wildman–Crippen MR) is 96.6 cm³/mol. The quantitative estimate of drug-likeness (QED) is 0.736. The van der Waals surface area contributed by atoms with Crippen molar-refractivity contribution in [2.75, 3.05) is 20.3 Å². The Morgan fingerprint density at radius 1 is 1.04 bits per heavy atom. The van der Waals surface area contributed by atoms with Gasteiger partial charge in [0, 0.05) is 0 Å². The third-order valence-corrected chi connectivity index (χ3v) is 4.21. The molecule has 0 atom stereocenters. The third kappa shape index (κ3) is 4.37. The van der Waals surface area contributed by atoms with E-state index in [4.69, 9.17) is 30.9 Å². The van der Waals surface area contributed by atoms with Crippen LogP contribution in [0.3, 0.4) is 0 Å². The second-order valence-electron chi connectivity index (χ2n) is 5.65. The van der Waals surface area contributed by atoms with Crippen LogP contribution in [-0.2, 0) is 0 Å². The maximum atomic E-state index is 11.1. The molecule has 0 saturated heterocycles. The van der Waals surface area contributed by atoms with E-state index in [0.717, 1.165) is 22.4 Å². The molecule has 0 heterocycles. The first-order chi connectivity index (χ1) is 11.8. The number of aromatic carboxylic acids is 1. The van der Waals surface area contributed by atoms with Gasteiger partial charge in [-0.15, -0.1) is 0 Å². The fourth-order valence-electron chi connectivity index (χ4n) is 2.42. The highest BCUT2D eigenvalue weighted by molar-refractivity contribution is 6.32. The summed E-state index contributed by atoms with van der Waals surface area (Å²) in [5.41, 5.74) is 3.36. The molecule has 2 aromatic carbocycles. The molecule has 0 saturated carbocycles. The van der Waals surface area contributed by atoms with Crippen LogP contribution in [0.1, 0.15) is 27.0 Å². The number of carbonyl (C=O) groups is 1. The molecule has 5 nitrogen and oxygen atoms in total. The normalized spacial score (nSPS) is 10.4. The highest BCUT2D eigenvalue weighted by Crippen LogP contribution is 2.36. The van der Waals surface area contributed by atoms with Crippen LogP contribution in [-0.4, -0.2) is 31.4 Å². The van der Waals surface area contributed by atoms with Gasteiger partial charge in [0.05, 0.1) is 17.7 Å². The van der Waals surface area contributed by atoms with Crippen molar-refractivity contribution in [3.8, 4) is 17.2 Å². The molecule has 2 aromatic rings. The highest BCUT2D eigenvalue weighted by Gasteiger charge is 2.15. The van der Waals surface area contributed by atoms with Gasteiger partial charge in [0.15, 0.2) is 11.5 Å². The lowest BCUT2D eigenvalue weighted by Gasteiger charge is -2.16. The van der Waals surface area contributed by atoms with E-state index in [0.29, 0.717) is 12.4 Å². The number of aryl methyl sites for hydroxylation is 2. The van der Waals surface area contributed by atoms with Gasteiger partial charge in [0.25, 0.3) is 0 Å². The minimum absolute atomic E-state index is 0.0384. The van der Waals surface area contributed by atoms with E-state index in [1.165, 1.54) is 19.2 Å². The summed E-state index contributed by atoms with van der Waals surface area (Å²) in [5, 5.41) is 9.24. The molecule has 0 aliphatic heterocycles. The van der Waals surface area contributed by atoms with Crippen molar-refractivity contribution in [1.82, 2.24) is 0 Å². The summed E-state index contributed by atoms with van der Waals surface area (Å²) < 4.78 is 16.7. The molecule has 0 aromatic heterocycles. The summed E-state index contributed by atoms with van der Waals surface area (Å²) >= 11 is 6.12. The van der Waals surface area contributed by atoms with Gasteiger partial charge in [-0.05, 0) is 49.6 Å². The first-order valence-electron chi connectivity index (χ1n) is 7.78. The van der Waals surface area contributed by atoms with Crippen LogP contribution in [0.5, 0.6) is 17.2 Å². The number of ether oxygens (including phenoxy) is 3. The molecule has 2 rings (SSSR count). The van der Waals surface area contributed by atoms with Crippen molar-refractivity contribution < 1.29 is 24.1 Å². The van der Waals surface area contributed by atoms with Gasteiger partial charge >= 0.3 is 5.97 Å². The lowest BCUT2D eigenvalue weighted by molar-refractivity contribution is 0.0696. The maximum Gasteiger partial charge on any atom is 0.335 e. The molecule has 6 heteroatoms. The Morgan fingerprint density at radius 2 is 1.64 bits per heavy atom. The number of methoxy groups -OCH3 is 1. The van der Waals surface area contributed by atoms with Crippen LogP contribution in [0.25, 0.3) is 0 Å². The van der Waals surface area contributed by atoms with Crippen LogP contribution < -0.4 is 14.2 Å².